The molecule has 3 heteroatoms. The second-order valence-electron chi connectivity index (χ2n) is 2.64. The summed E-state index contributed by atoms with van der Waals surface area (Å²) in [5.74, 6) is 0. The number of aldehydes is 1. The summed E-state index contributed by atoms with van der Waals surface area (Å²) in [6.45, 7) is 4.16. The maximum absolute atomic E-state index is 10.6. The molecule has 1 aromatic rings. The molecule has 0 fully saturated rings. The molecule has 0 aliphatic heterocycles. The van der Waals surface area contributed by atoms with Crippen LogP contribution in [0.5, 0.6) is 0 Å². The SMILES string of the molecule is CCCc1nc(CC)sc1C=O. The van der Waals surface area contributed by atoms with Crippen molar-refractivity contribution in [3.05, 3.63) is 15.6 Å². The normalized spacial score (nSPS) is 10.2. The molecule has 0 aliphatic carbocycles. The molecule has 0 unspecified atom stereocenters. The number of nitrogens with zero attached hydrogens (tertiary/aromatic N) is 1. The van der Waals surface area contributed by atoms with Crippen molar-refractivity contribution in [2.45, 2.75) is 33.1 Å². The highest BCUT2D eigenvalue weighted by atomic mass is 32.1. The standard InChI is InChI=1S/C9H13NOS/c1-3-5-7-8(6-11)12-9(4-2)10-7/h6H,3-5H2,1-2H3. The van der Waals surface area contributed by atoms with Crippen molar-refractivity contribution in [3.8, 4) is 0 Å². The average molecular weight is 183 g/mol. The number of aromatic nitrogens is 1. The van der Waals surface area contributed by atoms with Gasteiger partial charge in [-0.15, -0.1) is 11.3 Å². The van der Waals surface area contributed by atoms with Gasteiger partial charge in [-0.1, -0.05) is 20.3 Å². The summed E-state index contributed by atoms with van der Waals surface area (Å²) < 4.78 is 0. The molecule has 2 nitrogen and oxygen atoms in total. The first-order valence-electron chi connectivity index (χ1n) is 4.25. The summed E-state index contributed by atoms with van der Waals surface area (Å²) in [6.07, 6.45) is 3.81. The molecule has 0 radical (unpaired) electrons. The van der Waals surface area contributed by atoms with Crippen molar-refractivity contribution in [2.24, 2.45) is 0 Å². The highest BCUT2D eigenvalue weighted by molar-refractivity contribution is 7.13. The van der Waals surface area contributed by atoms with Crippen LogP contribution in [0.4, 0.5) is 0 Å². The van der Waals surface area contributed by atoms with Gasteiger partial charge in [0.15, 0.2) is 6.29 Å². The van der Waals surface area contributed by atoms with E-state index in [0.29, 0.717) is 0 Å². The van der Waals surface area contributed by atoms with E-state index in [9.17, 15) is 4.79 Å². The lowest BCUT2D eigenvalue weighted by molar-refractivity contribution is 0.112. The van der Waals surface area contributed by atoms with Gasteiger partial charge in [-0.2, -0.15) is 0 Å². The molecule has 12 heavy (non-hydrogen) atoms. The van der Waals surface area contributed by atoms with Crippen molar-refractivity contribution in [2.75, 3.05) is 0 Å². The number of hydrogen-bond donors (Lipinski definition) is 0. The van der Waals surface area contributed by atoms with Crippen LogP contribution < -0.4 is 0 Å². The summed E-state index contributed by atoms with van der Waals surface area (Å²) in [5.41, 5.74) is 0.981. The average Bonchev–Trinajstić information content (AvgIpc) is 2.48. The molecule has 1 aromatic heterocycles. The lowest BCUT2D eigenvalue weighted by Crippen LogP contribution is -1.88. The van der Waals surface area contributed by atoms with Crippen LogP contribution in [0.25, 0.3) is 0 Å². The predicted octanol–water partition coefficient (Wildman–Crippen LogP) is 2.47. The lowest BCUT2D eigenvalue weighted by Gasteiger charge is -1.90. The highest BCUT2D eigenvalue weighted by Gasteiger charge is 2.07. The Hall–Kier alpha value is -0.700. The van der Waals surface area contributed by atoms with Crippen molar-refractivity contribution >= 4 is 17.6 Å². The molecule has 0 aromatic carbocycles. The minimum absolute atomic E-state index is 0.814. The Morgan fingerprint density at radius 2 is 2.25 bits per heavy atom. The van der Waals surface area contributed by atoms with E-state index in [0.717, 1.165) is 41.1 Å². The number of aryl methyl sites for hydroxylation is 2. The van der Waals surface area contributed by atoms with Gasteiger partial charge in [0.25, 0.3) is 0 Å². The maximum atomic E-state index is 10.6. The Bertz CT molecular complexity index is 267. The third kappa shape index (κ3) is 1.91. The van der Waals surface area contributed by atoms with Gasteiger partial charge in [-0.3, -0.25) is 4.79 Å². The molecular weight excluding hydrogens is 170 g/mol. The minimum Gasteiger partial charge on any atom is -0.297 e. The van der Waals surface area contributed by atoms with Crippen molar-refractivity contribution in [3.63, 3.8) is 0 Å². The molecule has 0 aliphatic rings. The molecule has 66 valence electrons. The lowest BCUT2D eigenvalue weighted by atomic mass is 10.2. The zero-order valence-electron chi connectivity index (χ0n) is 7.46. The number of carbonyl (C=O) groups is 1. The Morgan fingerprint density at radius 3 is 2.75 bits per heavy atom. The molecular formula is C9H13NOS. The monoisotopic (exact) mass is 183 g/mol. The van der Waals surface area contributed by atoms with Crippen LogP contribution in [0.3, 0.4) is 0 Å². The molecule has 0 saturated heterocycles. The summed E-state index contributed by atoms with van der Waals surface area (Å²) in [5, 5.41) is 1.07. The van der Waals surface area contributed by atoms with E-state index in [1.54, 1.807) is 0 Å². The molecule has 0 amide bonds. The van der Waals surface area contributed by atoms with Crippen LogP contribution in [-0.2, 0) is 12.8 Å². The van der Waals surface area contributed by atoms with Crippen molar-refractivity contribution in [1.82, 2.24) is 4.98 Å². The highest BCUT2D eigenvalue weighted by Crippen LogP contribution is 2.18. The van der Waals surface area contributed by atoms with Gasteiger partial charge in [0, 0.05) is 0 Å². The molecule has 1 heterocycles. The molecule has 1 rings (SSSR count). The fourth-order valence-corrected chi connectivity index (χ4v) is 1.94. The summed E-state index contributed by atoms with van der Waals surface area (Å²) in [6, 6.07) is 0. The van der Waals surface area contributed by atoms with Crippen molar-refractivity contribution in [1.29, 1.82) is 0 Å². The third-order valence-corrected chi connectivity index (χ3v) is 2.84. The van der Waals surface area contributed by atoms with E-state index < -0.39 is 0 Å². The first-order valence-corrected chi connectivity index (χ1v) is 5.07. The molecule has 0 saturated carbocycles. The Balaban J connectivity index is 2.91. The maximum Gasteiger partial charge on any atom is 0.161 e. The van der Waals surface area contributed by atoms with E-state index in [1.165, 1.54) is 11.3 Å². The van der Waals surface area contributed by atoms with Crippen LogP contribution in [0.15, 0.2) is 0 Å². The fourth-order valence-electron chi connectivity index (χ4n) is 1.07. The summed E-state index contributed by atoms with van der Waals surface area (Å²) >= 11 is 1.52. The second kappa shape index (κ2) is 4.36. The Labute approximate surface area is 76.6 Å². The van der Waals surface area contributed by atoms with Gasteiger partial charge in [0.1, 0.15) is 0 Å². The van der Waals surface area contributed by atoms with Gasteiger partial charge >= 0.3 is 0 Å². The van der Waals surface area contributed by atoms with Crippen LogP contribution in [0.1, 0.15) is 40.6 Å². The third-order valence-electron chi connectivity index (χ3n) is 1.67. The van der Waals surface area contributed by atoms with E-state index in [-0.39, 0.29) is 0 Å². The number of rotatable bonds is 4. The fraction of sp³-hybridized carbons (Fsp3) is 0.556. The first kappa shape index (κ1) is 9.39. The smallest absolute Gasteiger partial charge is 0.161 e. The van der Waals surface area contributed by atoms with E-state index in [2.05, 4.69) is 18.8 Å². The van der Waals surface area contributed by atoms with Crippen LogP contribution >= 0.6 is 11.3 Å². The number of hydrogen-bond acceptors (Lipinski definition) is 3. The van der Waals surface area contributed by atoms with Gasteiger partial charge in [-0.05, 0) is 12.8 Å². The second-order valence-corrected chi connectivity index (χ2v) is 3.76. The Kier molecular flexibility index (Phi) is 3.41. The van der Waals surface area contributed by atoms with Crippen LogP contribution in [0.2, 0.25) is 0 Å². The van der Waals surface area contributed by atoms with E-state index in [1.807, 2.05) is 0 Å². The molecule has 0 bridgehead atoms. The van der Waals surface area contributed by atoms with Crippen LogP contribution in [0, 0.1) is 0 Å². The predicted molar refractivity (Wildman–Crippen MR) is 50.9 cm³/mol. The van der Waals surface area contributed by atoms with Gasteiger partial charge in [0.05, 0.1) is 15.6 Å². The van der Waals surface area contributed by atoms with E-state index >= 15 is 0 Å². The van der Waals surface area contributed by atoms with E-state index in [4.69, 9.17) is 0 Å². The molecule has 0 N–H and O–H groups in total. The minimum atomic E-state index is 0.814. The zero-order valence-corrected chi connectivity index (χ0v) is 8.28. The largest absolute Gasteiger partial charge is 0.297 e. The van der Waals surface area contributed by atoms with Gasteiger partial charge in [-0.25, -0.2) is 4.98 Å². The van der Waals surface area contributed by atoms with Crippen molar-refractivity contribution < 1.29 is 4.79 Å². The number of thiazole rings is 1. The first-order chi connectivity index (χ1) is 5.81. The summed E-state index contributed by atoms with van der Waals surface area (Å²) in [4.78, 5) is 15.8. The summed E-state index contributed by atoms with van der Waals surface area (Å²) in [7, 11) is 0. The van der Waals surface area contributed by atoms with Gasteiger partial charge in [0.2, 0.25) is 0 Å². The number of carbonyl (C=O) groups excluding carboxylic acids is 1. The Morgan fingerprint density at radius 1 is 1.50 bits per heavy atom. The topological polar surface area (TPSA) is 30.0 Å². The molecule has 0 atom stereocenters. The molecule has 0 spiro atoms. The van der Waals surface area contributed by atoms with Gasteiger partial charge < -0.3 is 0 Å². The zero-order chi connectivity index (χ0) is 8.97. The quantitative estimate of drug-likeness (QED) is 0.671. The van der Waals surface area contributed by atoms with Crippen LogP contribution in [-0.4, -0.2) is 11.3 Å².